The third kappa shape index (κ3) is 2.82. The fourth-order valence-corrected chi connectivity index (χ4v) is 1.96. The lowest BCUT2D eigenvalue weighted by Crippen LogP contribution is -2.03. The minimum absolute atomic E-state index is 0.0504. The van der Waals surface area contributed by atoms with Crippen LogP contribution in [0.1, 0.15) is 11.3 Å². The Morgan fingerprint density at radius 2 is 2.21 bits per heavy atom. The Kier molecular flexibility index (Phi) is 3.66. The van der Waals surface area contributed by atoms with E-state index in [9.17, 15) is 10.1 Å². The number of hydrogen-bond acceptors (Lipinski definition) is 4. The molecule has 97 valence electrons. The average Bonchev–Trinajstić information content (AvgIpc) is 2.30. The summed E-state index contributed by atoms with van der Waals surface area (Å²) in [6.45, 7) is 3.46. The van der Waals surface area contributed by atoms with E-state index in [0.717, 1.165) is 0 Å². The monoisotopic (exact) mass is 276 g/mol. The largest absolute Gasteiger partial charge is 0.333 e. The molecule has 0 aliphatic heterocycles. The van der Waals surface area contributed by atoms with Crippen LogP contribution in [0.5, 0.6) is 0 Å². The number of nitrogens with zero attached hydrogens (tertiary/aromatic N) is 2. The van der Waals surface area contributed by atoms with Crippen LogP contribution in [-0.2, 0) is 0 Å². The molecular weight excluding hydrogens is 266 g/mol. The van der Waals surface area contributed by atoms with Crippen molar-refractivity contribution in [3.63, 3.8) is 0 Å². The van der Waals surface area contributed by atoms with Gasteiger partial charge in [0.25, 0.3) is 0 Å². The number of aromatic nitrogens is 1. The molecule has 1 aromatic heterocycles. The van der Waals surface area contributed by atoms with E-state index in [2.05, 4.69) is 16.4 Å². The lowest BCUT2D eigenvalue weighted by atomic mass is 10.2. The molecule has 2 rings (SSSR count). The van der Waals surface area contributed by atoms with Crippen LogP contribution in [0.2, 0.25) is 5.02 Å². The summed E-state index contributed by atoms with van der Waals surface area (Å²) in [4.78, 5) is 14.8. The summed E-state index contributed by atoms with van der Waals surface area (Å²) in [5.74, 6) is 0.184. The van der Waals surface area contributed by atoms with Crippen molar-refractivity contribution in [1.82, 2.24) is 4.98 Å². The van der Waals surface area contributed by atoms with Gasteiger partial charge in [-0.25, -0.2) is 4.98 Å². The maximum Gasteiger partial charge on any atom is 0.314 e. The van der Waals surface area contributed by atoms with Gasteiger partial charge in [0.15, 0.2) is 0 Å². The van der Waals surface area contributed by atoms with E-state index in [1.807, 2.05) is 0 Å². The first-order valence-corrected chi connectivity index (χ1v) is 5.92. The lowest BCUT2D eigenvalue weighted by Gasteiger charge is -2.09. The van der Waals surface area contributed by atoms with E-state index in [1.165, 1.54) is 0 Å². The maximum atomic E-state index is 11.1. The summed E-state index contributed by atoms with van der Waals surface area (Å²) in [5.41, 5.74) is 1.73. The first-order chi connectivity index (χ1) is 8.99. The van der Waals surface area contributed by atoms with Crippen molar-refractivity contribution in [2.45, 2.75) is 13.8 Å². The Hall–Kier alpha value is -2.14. The fraction of sp³-hybridized carbons (Fsp3) is 0.154. The molecule has 6 heteroatoms. The summed E-state index contributed by atoms with van der Waals surface area (Å²) in [5, 5.41) is 14.4. The third-order valence-corrected chi connectivity index (χ3v) is 2.87. The van der Waals surface area contributed by atoms with Gasteiger partial charge in [0.2, 0.25) is 5.82 Å². The van der Waals surface area contributed by atoms with Crippen LogP contribution in [0, 0.1) is 30.0 Å². The quantitative estimate of drug-likeness (QED) is 0.684. The number of hydrogen-bond donors (Lipinski definition) is 1. The molecule has 5 nitrogen and oxygen atoms in total. The van der Waals surface area contributed by atoms with Crippen molar-refractivity contribution >= 4 is 28.8 Å². The molecule has 1 heterocycles. The molecular formula is C13H11ClN3O2. The van der Waals surface area contributed by atoms with E-state index in [-0.39, 0.29) is 11.5 Å². The summed E-state index contributed by atoms with van der Waals surface area (Å²) >= 11 is 5.97. The molecule has 0 atom stereocenters. The van der Waals surface area contributed by atoms with Crippen LogP contribution in [0.25, 0.3) is 0 Å². The van der Waals surface area contributed by atoms with Crippen LogP contribution < -0.4 is 5.32 Å². The van der Waals surface area contributed by atoms with Gasteiger partial charge >= 0.3 is 5.69 Å². The van der Waals surface area contributed by atoms with Crippen LogP contribution in [0.3, 0.4) is 0 Å². The van der Waals surface area contributed by atoms with Crippen LogP contribution in [0.4, 0.5) is 17.2 Å². The molecule has 0 amide bonds. The Labute approximate surface area is 115 Å². The molecule has 0 saturated carbocycles. The van der Waals surface area contributed by atoms with Crippen LogP contribution in [-0.4, -0.2) is 9.91 Å². The average molecular weight is 277 g/mol. The van der Waals surface area contributed by atoms with Crippen molar-refractivity contribution in [3.05, 3.63) is 56.7 Å². The van der Waals surface area contributed by atoms with Gasteiger partial charge in [-0.15, -0.1) is 0 Å². The van der Waals surface area contributed by atoms with Gasteiger partial charge in [0.05, 0.1) is 15.6 Å². The van der Waals surface area contributed by atoms with Gasteiger partial charge in [0.1, 0.15) is 0 Å². The SMILES string of the molecule is Cc1cc(C)c([N+](=O)[O-])c(Nc2ccc[c]c2Cl)n1. The van der Waals surface area contributed by atoms with E-state index in [0.29, 0.717) is 22.0 Å². The van der Waals surface area contributed by atoms with Gasteiger partial charge in [-0.05, 0) is 26.0 Å². The Bertz CT molecular complexity index is 644. The minimum Gasteiger partial charge on any atom is -0.333 e. The zero-order valence-electron chi connectivity index (χ0n) is 10.4. The Morgan fingerprint density at radius 3 is 2.84 bits per heavy atom. The second-order valence-corrected chi connectivity index (χ2v) is 4.44. The van der Waals surface area contributed by atoms with Crippen molar-refractivity contribution < 1.29 is 4.92 Å². The molecule has 0 bridgehead atoms. The number of pyridine rings is 1. The molecule has 0 aliphatic carbocycles. The zero-order valence-corrected chi connectivity index (χ0v) is 11.2. The molecule has 0 saturated heterocycles. The Morgan fingerprint density at radius 1 is 1.47 bits per heavy atom. The number of anilines is 2. The first kappa shape index (κ1) is 13.3. The predicted molar refractivity (Wildman–Crippen MR) is 73.9 cm³/mol. The molecule has 1 aromatic carbocycles. The highest BCUT2D eigenvalue weighted by Gasteiger charge is 2.20. The number of benzene rings is 1. The van der Waals surface area contributed by atoms with Crippen molar-refractivity contribution in [3.8, 4) is 0 Å². The fourth-order valence-electron chi connectivity index (χ4n) is 1.79. The van der Waals surface area contributed by atoms with E-state index < -0.39 is 4.92 Å². The van der Waals surface area contributed by atoms with E-state index in [1.54, 1.807) is 38.1 Å². The van der Waals surface area contributed by atoms with Gasteiger partial charge in [-0.1, -0.05) is 23.7 Å². The summed E-state index contributed by atoms with van der Waals surface area (Å²) in [7, 11) is 0. The molecule has 1 radical (unpaired) electrons. The second-order valence-electron chi connectivity index (χ2n) is 4.06. The van der Waals surface area contributed by atoms with Crippen molar-refractivity contribution in [2.24, 2.45) is 0 Å². The van der Waals surface area contributed by atoms with E-state index in [4.69, 9.17) is 11.6 Å². The highest BCUT2D eigenvalue weighted by molar-refractivity contribution is 6.33. The molecule has 0 spiro atoms. The molecule has 0 unspecified atom stereocenters. The van der Waals surface area contributed by atoms with Crippen molar-refractivity contribution in [2.75, 3.05) is 5.32 Å². The molecule has 0 fully saturated rings. The highest BCUT2D eigenvalue weighted by atomic mass is 35.5. The molecule has 0 aliphatic rings. The number of rotatable bonds is 3. The van der Waals surface area contributed by atoms with Gasteiger partial charge in [0, 0.05) is 17.3 Å². The number of nitro groups is 1. The Balaban J connectivity index is 2.51. The highest BCUT2D eigenvalue weighted by Crippen LogP contribution is 2.31. The number of nitrogens with one attached hydrogen (secondary N) is 1. The smallest absolute Gasteiger partial charge is 0.314 e. The maximum absolute atomic E-state index is 11.1. The summed E-state index contributed by atoms with van der Waals surface area (Å²) in [6, 6.07) is 9.58. The standard InChI is InChI=1S/C13H11ClN3O2/c1-8-7-9(2)15-13(12(8)17(18)19)16-11-6-4-3-5-10(11)14/h3-4,6-7H,1-2H3,(H,15,16). The number of halogens is 1. The van der Waals surface area contributed by atoms with Crippen LogP contribution >= 0.6 is 11.6 Å². The lowest BCUT2D eigenvalue weighted by molar-refractivity contribution is -0.384. The third-order valence-electron chi connectivity index (χ3n) is 2.55. The van der Waals surface area contributed by atoms with E-state index >= 15 is 0 Å². The number of aryl methyl sites for hydroxylation is 2. The molecule has 1 N–H and O–H groups in total. The summed E-state index contributed by atoms with van der Waals surface area (Å²) in [6.07, 6.45) is 0. The minimum atomic E-state index is -0.454. The van der Waals surface area contributed by atoms with Gasteiger partial charge < -0.3 is 5.32 Å². The zero-order chi connectivity index (χ0) is 14.0. The topological polar surface area (TPSA) is 68.1 Å². The predicted octanol–water partition coefficient (Wildman–Crippen LogP) is 3.80. The van der Waals surface area contributed by atoms with Crippen molar-refractivity contribution in [1.29, 1.82) is 0 Å². The van der Waals surface area contributed by atoms with Crippen LogP contribution in [0.15, 0.2) is 24.3 Å². The first-order valence-electron chi connectivity index (χ1n) is 5.55. The molecule has 19 heavy (non-hydrogen) atoms. The van der Waals surface area contributed by atoms with Gasteiger partial charge in [-0.3, -0.25) is 10.1 Å². The molecule has 2 aromatic rings. The summed E-state index contributed by atoms with van der Waals surface area (Å²) < 4.78 is 0. The van der Waals surface area contributed by atoms with Gasteiger partial charge in [-0.2, -0.15) is 0 Å². The second kappa shape index (κ2) is 5.24. The normalized spacial score (nSPS) is 10.3.